The Kier molecular flexibility index (Phi) is 4.92. The Hall–Kier alpha value is -2.37. The predicted molar refractivity (Wildman–Crippen MR) is 87.1 cm³/mol. The maximum atomic E-state index is 4.38. The first-order valence-electron chi connectivity index (χ1n) is 6.99. The van der Waals surface area contributed by atoms with Crippen LogP contribution in [0.2, 0.25) is 0 Å². The third-order valence-corrected chi connectivity index (χ3v) is 3.03. The van der Waals surface area contributed by atoms with Gasteiger partial charge in [-0.15, -0.1) is 0 Å². The summed E-state index contributed by atoms with van der Waals surface area (Å²) in [5.74, 6) is 1.78. The van der Waals surface area contributed by atoms with Crippen LogP contribution in [0.1, 0.15) is 11.1 Å². The molecule has 2 aromatic rings. The fourth-order valence-corrected chi connectivity index (χ4v) is 1.94. The van der Waals surface area contributed by atoms with Gasteiger partial charge in [0.2, 0.25) is 17.8 Å². The molecule has 2 rings (SSSR count). The van der Waals surface area contributed by atoms with E-state index in [2.05, 4.69) is 56.8 Å². The Morgan fingerprint density at radius 1 is 1.10 bits per heavy atom. The molecule has 0 atom stereocenters. The number of rotatable bonds is 6. The van der Waals surface area contributed by atoms with Gasteiger partial charge in [0.25, 0.3) is 0 Å². The van der Waals surface area contributed by atoms with Crippen molar-refractivity contribution in [2.75, 3.05) is 43.2 Å². The molecule has 1 heterocycles. The van der Waals surface area contributed by atoms with Crippen molar-refractivity contribution < 1.29 is 0 Å². The number of aryl methyl sites for hydroxylation is 1. The van der Waals surface area contributed by atoms with E-state index in [1.165, 1.54) is 11.1 Å². The van der Waals surface area contributed by atoms with Crippen LogP contribution in [0.15, 0.2) is 24.3 Å². The molecule has 1 aromatic carbocycles. The van der Waals surface area contributed by atoms with Crippen molar-refractivity contribution in [2.45, 2.75) is 13.3 Å². The molecular formula is C15H22N6. The van der Waals surface area contributed by atoms with E-state index >= 15 is 0 Å². The molecule has 2 N–H and O–H groups in total. The lowest BCUT2D eigenvalue weighted by molar-refractivity contribution is 0.930. The van der Waals surface area contributed by atoms with Crippen molar-refractivity contribution in [3.63, 3.8) is 0 Å². The highest BCUT2D eigenvalue weighted by molar-refractivity contribution is 5.42. The molecule has 1 aromatic heterocycles. The third-order valence-electron chi connectivity index (χ3n) is 3.03. The lowest BCUT2D eigenvalue weighted by Gasteiger charge is -2.13. The van der Waals surface area contributed by atoms with Crippen LogP contribution in [0.3, 0.4) is 0 Å². The zero-order chi connectivity index (χ0) is 15.2. The van der Waals surface area contributed by atoms with Crippen molar-refractivity contribution in [3.05, 3.63) is 35.4 Å². The summed E-state index contributed by atoms with van der Waals surface area (Å²) in [6, 6.07) is 8.51. The Morgan fingerprint density at radius 2 is 1.86 bits per heavy atom. The first kappa shape index (κ1) is 15.0. The van der Waals surface area contributed by atoms with Crippen LogP contribution in [0.5, 0.6) is 0 Å². The van der Waals surface area contributed by atoms with E-state index in [4.69, 9.17) is 0 Å². The maximum absolute atomic E-state index is 4.38. The number of nitrogens with one attached hydrogen (secondary N) is 2. The van der Waals surface area contributed by atoms with Crippen molar-refractivity contribution in [3.8, 4) is 0 Å². The molecule has 0 saturated carbocycles. The smallest absolute Gasteiger partial charge is 0.231 e. The van der Waals surface area contributed by atoms with Crippen molar-refractivity contribution in [1.82, 2.24) is 15.0 Å². The highest BCUT2D eigenvalue weighted by Crippen LogP contribution is 2.11. The fraction of sp³-hybridized carbons (Fsp3) is 0.400. The average Bonchev–Trinajstić information content (AvgIpc) is 2.47. The molecule has 21 heavy (non-hydrogen) atoms. The Balaban J connectivity index is 2.01. The van der Waals surface area contributed by atoms with Crippen molar-refractivity contribution >= 4 is 17.8 Å². The van der Waals surface area contributed by atoms with Gasteiger partial charge in [0.1, 0.15) is 0 Å². The fourth-order valence-electron chi connectivity index (χ4n) is 1.94. The van der Waals surface area contributed by atoms with Gasteiger partial charge in [-0.2, -0.15) is 15.0 Å². The zero-order valence-electron chi connectivity index (χ0n) is 13.0. The van der Waals surface area contributed by atoms with Gasteiger partial charge in [0.15, 0.2) is 0 Å². The second kappa shape index (κ2) is 6.88. The second-order valence-electron chi connectivity index (χ2n) is 5.09. The van der Waals surface area contributed by atoms with E-state index in [0.29, 0.717) is 17.8 Å². The molecule has 0 amide bonds. The van der Waals surface area contributed by atoms with Gasteiger partial charge in [0, 0.05) is 27.7 Å². The van der Waals surface area contributed by atoms with Crippen LogP contribution in [-0.4, -0.2) is 42.6 Å². The first-order valence-corrected chi connectivity index (χ1v) is 6.99. The van der Waals surface area contributed by atoms with Crippen molar-refractivity contribution in [1.29, 1.82) is 0 Å². The van der Waals surface area contributed by atoms with Crippen LogP contribution < -0.4 is 15.5 Å². The van der Waals surface area contributed by atoms with E-state index in [1.807, 2.05) is 19.0 Å². The molecule has 0 aliphatic rings. The minimum absolute atomic E-state index is 0.562. The summed E-state index contributed by atoms with van der Waals surface area (Å²) >= 11 is 0. The molecule has 0 saturated heterocycles. The van der Waals surface area contributed by atoms with E-state index in [-0.39, 0.29) is 0 Å². The topological polar surface area (TPSA) is 66.0 Å². The SMILES string of the molecule is CNc1nc(NCCc2cccc(C)c2)nc(N(C)C)n1. The first-order chi connectivity index (χ1) is 10.1. The summed E-state index contributed by atoms with van der Waals surface area (Å²) in [5, 5.41) is 6.20. The maximum Gasteiger partial charge on any atom is 0.231 e. The van der Waals surface area contributed by atoms with Gasteiger partial charge in [-0.05, 0) is 18.9 Å². The number of anilines is 3. The molecule has 6 nitrogen and oxygen atoms in total. The van der Waals surface area contributed by atoms with Crippen LogP contribution in [-0.2, 0) is 6.42 Å². The Bertz CT molecular complexity index is 596. The second-order valence-corrected chi connectivity index (χ2v) is 5.09. The highest BCUT2D eigenvalue weighted by atomic mass is 15.3. The van der Waals surface area contributed by atoms with Gasteiger partial charge in [-0.1, -0.05) is 29.8 Å². The van der Waals surface area contributed by atoms with Gasteiger partial charge in [-0.25, -0.2) is 0 Å². The molecule has 0 aliphatic heterocycles. The third kappa shape index (κ3) is 4.30. The summed E-state index contributed by atoms with van der Waals surface area (Å²) in [6.45, 7) is 2.88. The number of benzene rings is 1. The molecule has 0 aliphatic carbocycles. The minimum Gasteiger partial charge on any atom is -0.357 e. The molecule has 0 unspecified atom stereocenters. The summed E-state index contributed by atoms with van der Waals surface area (Å²) in [7, 11) is 5.61. The van der Waals surface area contributed by atoms with E-state index in [0.717, 1.165) is 13.0 Å². The zero-order valence-corrected chi connectivity index (χ0v) is 13.0. The summed E-state index contributed by atoms with van der Waals surface area (Å²) in [6.07, 6.45) is 0.930. The van der Waals surface area contributed by atoms with Crippen LogP contribution >= 0.6 is 0 Å². The van der Waals surface area contributed by atoms with Crippen LogP contribution in [0.4, 0.5) is 17.8 Å². The molecular weight excluding hydrogens is 264 g/mol. The summed E-state index contributed by atoms with van der Waals surface area (Å²) in [5.41, 5.74) is 2.58. The lowest BCUT2D eigenvalue weighted by Crippen LogP contribution is -2.17. The number of aromatic nitrogens is 3. The normalized spacial score (nSPS) is 10.3. The Morgan fingerprint density at radius 3 is 2.52 bits per heavy atom. The largest absolute Gasteiger partial charge is 0.357 e. The predicted octanol–water partition coefficient (Wildman–Crippen LogP) is 1.94. The van der Waals surface area contributed by atoms with Crippen molar-refractivity contribution in [2.24, 2.45) is 0 Å². The Labute approximate surface area is 125 Å². The average molecular weight is 286 g/mol. The number of nitrogens with zero attached hydrogens (tertiary/aromatic N) is 4. The summed E-state index contributed by atoms with van der Waals surface area (Å²) in [4.78, 5) is 14.8. The molecule has 0 fully saturated rings. The van der Waals surface area contributed by atoms with Crippen LogP contribution in [0.25, 0.3) is 0 Å². The quantitative estimate of drug-likeness (QED) is 0.846. The lowest BCUT2D eigenvalue weighted by atomic mass is 10.1. The molecule has 112 valence electrons. The van der Waals surface area contributed by atoms with Crippen LogP contribution in [0, 0.1) is 6.92 Å². The van der Waals surface area contributed by atoms with Gasteiger partial charge in [-0.3, -0.25) is 0 Å². The monoisotopic (exact) mass is 286 g/mol. The molecule has 6 heteroatoms. The number of hydrogen-bond donors (Lipinski definition) is 2. The van der Waals surface area contributed by atoms with Gasteiger partial charge < -0.3 is 15.5 Å². The van der Waals surface area contributed by atoms with E-state index in [9.17, 15) is 0 Å². The standard InChI is InChI=1S/C15H22N6/c1-11-6-5-7-12(10-11)8-9-17-14-18-13(16-2)19-15(20-14)21(3)4/h5-7,10H,8-9H2,1-4H3,(H2,16,17,18,19,20). The van der Waals surface area contributed by atoms with E-state index < -0.39 is 0 Å². The van der Waals surface area contributed by atoms with E-state index in [1.54, 1.807) is 7.05 Å². The highest BCUT2D eigenvalue weighted by Gasteiger charge is 2.06. The molecule has 0 bridgehead atoms. The summed E-state index contributed by atoms with van der Waals surface area (Å²) < 4.78 is 0. The van der Waals surface area contributed by atoms with Gasteiger partial charge >= 0.3 is 0 Å². The minimum atomic E-state index is 0.562. The van der Waals surface area contributed by atoms with Gasteiger partial charge in [0.05, 0.1) is 0 Å². The molecule has 0 spiro atoms. The molecule has 0 radical (unpaired) electrons. The number of hydrogen-bond acceptors (Lipinski definition) is 6.